The Hall–Kier alpha value is -3.79. The number of anilines is 2. The van der Waals surface area contributed by atoms with Crippen LogP contribution in [0.1, 0.15) is 38.7 Å². The van der Waals surface area contributed by atoms with Gasteiger partial charge in [0.15, 0.2) is 11.6 Å². The van der Waals surface area contributed by atoms with Gasteiger partial charge < -0.3 is 10.1 Å². The van der Waals surface area contributed by atoms with E-state index >= 15 is 0 Å². The maximum absolute atomic E-state index is 13.6. The molecule has 0 radical (unpaired) electrons. The summed E-state index contributed by atoms with van der Waals surface area (Å²) in [5.74, 6) is 2.52. The molecule has 0 spiro atoms. The minimum Gasteiger partial charge on any atom is -0.488 e. The molecule has 0 bridgehead atoms. The van der Waals surface area contributed by atoms with Crippen molar-refractivity contribution in [1.82, 2.24) is 24.4 Å². The van der Waals surface area contributed by atoms with Crippen molar-refractivity contribution in [3.05, 3.63) is 78.6 Å². The number of ether oxygens (including phenoxy) is 1. The summed E-state index contributed by atoms with van der Waals surface area (Å²) in [5, 5.41) is 13.2. The molecule has 10 heteroatoms. The maximum atomic E-state index is 13.6. The maximum Gasteiger partial charge on any atom is 0.162 e. The Morgan fingerprint density at radius 2 is 2.03 bits per heavy atom. The van der Waals surface area contributed by atoms with Crippen LogP contribution in [0.25, 0.3) is 16.4 Å². The Balaban J connectivity index is 1.31. The van der Waals surface area contributed by atoms with E-state index in [9.17, 15) is 8.60 Å². The lowest BCUT2D eigenvalue weighted by Gasteiger charge is -2.15. The van der Waals surface area contributed by atoms with Crippen molar-refractivity contribution in [2.75, 3.05) is 16.8 Å². The molecule has 198 valence electrons. The molecule has 0 aliphatic heterocycles. The lowest BCUT2D eigenvalue weighted by molar-refractivity contribution is 0.213. The molecular formula is C28H31FN6O2S. The van der Waals surface area contributed by atoms with Crippen LogP contribution >= 0.6 is 0 Å². The first-order valence-corrected chi connectivity index (χ1v) is 14.3. The first-order chi connectivity index (χ1) is 18.5. The number of fused-ring (bicyclic) bond motifs is 2. The fourth-order valence-corrected chi connectivity index (χ4v) is 5.63. The normalized spacial score (nSPS) is 13.1. The molecule has 0 saturated carbocycles. The van der Waals surface area contributed by atoms with Crippen LogP contribution in [0.5, 0.6) is 5.75 Å². The summed E-state index contributed by atoms with van der Waals surface area (Å²) in [6.45, 7) is 4.56. The summed E-state index contributed by atoms with van der Waals surface area (Å²) >= 11 is 0. The van der Waals surface area contributed by atoms with E-state index in [1.165, 1.54) is 18.5 Å². The highest BCUT2D eigenvalue weighted by Crippen LogP contribution is 2.30. The van der Waals surface area contributed by atoms with Crippen molar-refractivity contribution >= 4 is 38.7 Å². The van der Waals surface area contributed by atoms with Gasteiger partial charge in [-0.05, 0) is 62.1 Å². The first kappa shape index (κ1) is 25.8. The van der Waals surface area contributed by atoms with Crippen LogP contribution in [-0.2, 0) is 17.3 Å². The highest BCUT2D eigenvalue weighted by molar-refractivity contribution is 7.84. The summed E-state index contributed by atoms with van der Waals surface area (Å²) in [5.41, 5.74) is 3.40. The number of hydrogen-bond donors (Lipinski definition) is 1. The third kappa shape index (κ3) is 6.02. The largest absolute Gasteiger partial charge is 0.488 e. The monoisotopic (exact) mass is 534 g/mol. The molecule has 0 aliphatic carbocycles. The standard InChI is InChI=1S/C28H31FN6O2S/c1-3-13-38(36)14-5-6-20(2)37-26-11-12-34-27(26)28(30-19-32-34)33-24-9-10-25-22(16-24)17-31-35(25)18-21-7-4-8-23(29)15-21/h4,7-12,15-17,19-20H,3,5-6,13-14,18H2,1-2H3,(H,30,32,33). The van der Waals surface area contributed by atoms with Gasteiger partial charge in [0.05, 0.1) is 24.4 Å². The smallest absolute Gasteiger partial charge is 0.162 e. The van der Waals surface area contributed by atoms with Crippen LogP contribution in [0.4, 0.5) is 15.9 Å². The van der Waals surface area contributed by atoms with Crippen molar-refractivity contribution in [1.29, 1.82) is 0 Å². The van der Waals surface area contributed by atoms with E-state index in [2.05, 4.69) is 27.4 Å². The molecule has 2 atom stereocenters. The average Bonchev–Trinajstić information content (AvgIpc) is 3.48. The molecule has 8 nitrogen and oxygen atoms in total. The molecule has 2 aromatic carbocycles. The van der Waals surface area contributed by atoms with Gasteiger partial charge >= 0.3 is 0 Å². The number of rotatable bonds is 12. The Morgan fingerprint density at radius 3 is 2.87 bits per heavy atom. The highest BCUT2D eigenvalue weighted by atomic mass is 32.2. The quantitative estimate of drug-likeness (QED) is 0.220. The molecular weight excluding hydrogens is 503 g/mol. The van der Waals surface area contributed by atoms with Crippen molar-refractivity contribution < 1.29 is 13.3 Å². The number of aromatic nitrogens is 5. The van der Waals surface area contributed by atoms with Crippen LogP contribution < -0.4 is 10.1 Å². The van der Waals surface area contributed by atoms with Crippen molar-refractivity contribution in [3.8, 4) is 5.75 Å². The Bertz CT molecular complexity index is 1570. The van der Waals surface area contributed by atoms with Gasteiger partial charge in [-0.3, -0.25) is 8.89 Å². The Morgan fingerprint density at radius 1 is 1.13 bits per heavy atom. The first-order valence-electron chi connectivity index (χ1n) is 12.8. The van der Waals surface area contributed by atoms with Crippen LogP contribution in [0.2, 0.25) is 0 Å². The van der Waals surface area contributed by atoms with Crippen molar-refractivity contribution in [2.45, 2.75) is 45.8 Å². The fourth-order valence-electron chi connectivity index (χ4n) is 4.49. The van der Waals surface area contributed by atoms with Gasteiger partial charge in [0.2, 0.25) is 0 Å². The van der Waals surface area contributed by atoms with E-state index in [1.807, 2.05) is 48.1 Å². The molecule has 0 amide bonds. The van der Waals surface area contributed by atoms with E-state index in [1.54, 1.807) is 16.8 Å². The molecule has 5 aromatic rings. The van der Waals surface area contributed by atoms with Gasteiger partial charge in [-0.25, -0.2) is 13.9 Å². The van der Waals surface area contributed by atoms with Gasteiger partial charge in [0.25, 0.3) is 0 Å². The molecule has 3 heterocycles. The summed E-state index contributed by atoms with van der Waals surface area (Å²) in [4.78, 5) is 4.48. The predicted molar refractivity (Wildman–Crippen MR) is 149 cm³/mol. The summed E-state index contributed by atoms with van der Waals surface area (Å²) in [6, 6.07) is 14.4. The number of benzene rings is 2. The summed E-state index contributed by atoms with van der Waals surface area (Å²) < 4.78 is 35.4. The average molecular weight is 535 g/mol. The van der Waals surface area contributed by atoms with Gasteiger partial charge in [0, 0.05) is 45.6 Å². The van der Waals surface area contributed by atoms with E-state index in [-0.39, 0.29) is 11.9 Å². The van der Waals surface area contributed by atoms with Gasteiger partial charge in [0.1, 0.15) is 17.7 Å². The molecule has 5 rings (SSSR count). The second-order valence-corrected chi connectivity index (χ2v) is 11.0. The van der Waals surface area contributed by atoms with E-state index in [0.29, 0.717) is 23.9 Å². The van der Waals surface area contributed by atoms with E-state index < -0.39 is 10.8 Å². The van der Waals surface area contributed by atoms with Crippen LogP contribution in [0.3, 0.4) is 0 Å². The molecule has 0 aliphatic rings. The Kier molecular flexibility index (Phi) is 7.97. The fraction of sp³-hybridized carbons (Fsp3) is 0.321. The van der Waals surface area contributed by atoms with Gasteiger partial charge in [-0.1, -0.05) is 19.1 Å². The predicted octanol–water partition coefficient (Wildman–Crippen LogP) is 5.72. The minimum absolute atomic E-state index is 0.0341. The highest BCUT2D eigenvalue weighted by Gasteiger charge is 2.15. The molecule has 0 fully saturated rings. The summed E-state index contributed by atoms with van der Waals surface area (Å²) in [7, 11) is -0.755. The second-order valence-electron chi connectivity index (χ2n) is 9.33. The SMILES string of the molecule is CCCS(=O)CCCC(C)Oc1ccn2ncnc(Nc3ccc4c(cnn4Cc4cccc(F)c4)c3)c12. The molecule has 1 N–H and O–H groups in total. The lowest BCUT2D eigenvalue weighted by atomic mass is 10.2. The van der Waals surface area contributed by atoms with Crippen molar-refractivity contribution in [2.24, 2.45) is 0 Å². The Labute approximate surface area is 223 Å². The number of halogens is 1. The second kappa shape index (κ2) is 11.7. The molecule has 3 aromatic heterocycles. The molecule has 38 heavy (non-hydrogen) atoms. The molecule has 0 saturated heterocycles. The third-order valence-electron chi connectivity index (χ3n) is 6.29. The minimum atomic E-state index is -0.755. The van der Waals surface area contributed by atoms with Gasteiger partial charge in [-0.2, -0.15) is 10.2 Å². The summed E-state index contributed by atoms with van der Waals surface area (Å²) in [6.07, 6.45) is 7.73. The number of nitrogens with zero attached hydrogens (tertiary/aromatic N) is 5. The van der Waals surface area contributed by atoms with Crippen molar-refractivity contribution in [3.63, 3.8) is 0 Å². The zero-order valence-corrected chi connectivity index (χ0v) is 22.3. The van der Waals surface area contributed by atoms with Crippen LogP contribution in [0.15, 0.2) is 67.3 Å². The zero-order chi connectivity index (χ0) is 26.5. The molecule has 2 unspecified atom stereocenters. The zero-order valence-electron chi connectivity index (χ0n) is 21.5. The number of hydrogen-bond acceptors (Lipinski definition) is 6. The number of nitrogens with one attached hydrogen (secondary N) is 1. The van der Waals surface area contributed by atoms with Crippen LogP contribution in [0, 0.1) is 5.82 Å². The van der Waals surface area contributed by atoms with E-state index in [0.717, 1.165) is 52.7 Å². The van der Waals surface area contributed by atoms with Gasteiger partial charge in [-0.15, -0.1) is 0 Å². The topological polar surface area (TPSA) is 86.3 Å². The van der Waals surface area contributed by atoms with E-state index in [4.69, 9.17) is 4.74 Å². The van der Waals surface area contributed by atoms with Crippen LogP contribution in [-0.4, -0.2) is 46.2 Å². The third-order valence-corrected chi connectivity index (χ3v) is 7.89. The lowest BCUT2D eigenvalue weighted by Crippen LogP contribution is -2.14.